The summed E-state index contributed by atoms with van der Waals surface area (Å²) in [5, 5.41) is 2.56. The van der Waals surface area contributed by atoms with Gasteiger partial charge in [0.15, 0.2) is 0 Å². The van der Waals surface area contributed by atoms with Crippen molar-refractivity contribution in [3.63, 3.8) is 0 Å². The molecule has 0 aromatic carbocycles. The zero-order valence-corrected chi connectivity index (χ0v) is 8.23. The Bertz CT molecular complexity index is 341. The summed E-state index contributed by atoms with van der Waals surface area (Å²) in [7, 11) is 0. The van der Waals surface area contributed by atoms with Crippen molar-refractivity contribution in [2.75, 3.05) is 17.6 Å². The van der Waals surface area contributed by atoms with E-state index in [1.807, 2.05) is 0 Å². The smallest absolute Gasteiger partial charge is 0.368 e. The minimum Gasteiger partial charge on any atom is -0.368 e. The van der Waals surface area contributed by atoms with Crippen LogP contribution in [0.4, 0.5) is 24.9 Å². The maximum Gasteiger partial charge on any atom is 0.390 e. The Morgan fingerprint density at radius 2 is 2.13 bits per heavy atom. The summed E-state index contributed by atoms with van der Waals surface area (Å²) in [6.07, 6.45) is -3.95. The van der Waals surface area contributed by atoms with Crippen LogP contribution in [0.3, 0.4) is 0 Å². The average Bonchev–Trinajstić information content (AvgIpc) is 2.09. The standard InChI is InChI=1S/C7H8ClF3N4/c8-4-3-14-6(12)15-5(4)13-2-1-7(9,10)11/h3H,1-2H2,(H3,12,13,14,15). The number of rotatable bonds is 3. The number of nitrogens with one attached hydrogen (secondary N) is 1. The third-order valence-corrected chi connectivity index (χ3v) is 1.74. The lowest BCUT2D eigenvalue weighted by Crippen LogP contribution is -2.15. The summed E-state index contributed by atoms with van der Waals surface area (Å²) >= 11 is 5.62. The van der Waals surface area contributed by atoms with Crippen LogP contribution in [0, 0.1) is 0 Å². The molecule has 0 aliphatic carbocycles. The normalized spacial score (nSPS) is 11.5. The van der Waals surface area contributed by atoms with Gasteiger partial charge in [-0.25, -0.2) is 4.98 Å². The molecule has 0 fully saturated rings. The summed E-state index contributed by atoms with van der Waals surface area (Å²) < 4.78 is 35.4. The maximum atomic E-state index is 11.8. The van der Waals surface area contributed by atoms with Crippen LogP contribution < -0.4 is 11.1 Å². The largest absolute Gasteiger partial charge is 0.390 e. The average molecular weight is 241 g/mol. The van der Waals surface area contributed by atoms with Crippen molar-refractivity contribution in [3.05, 3.63) is 11.2 Å². The quantitative estimate of drug-likeness (QED) is 0.849. The monoisotopic (exact) mass is 240 g/mol. The number of hydrogen-bond acceptors (Lipinski definition) is 4. The summed E-state index contributed by atoms with van der Waals surface area (Å²) in [6, 6.07) is 0. The zero-order valence-electron chi connectivity index (χ0n) is 7.48. The molecule has 3 N–H and O–H groups in total. The van der Waals surface area contributed by atoms with Crippen LogP contribution in [-0.4, -0.2) is 22.7 Å². The topological polar surface area (TPSA) is 63.8 Å². The summed E-state index contributed by atoms with van der Waals surface area (Å²) in [5.41, 5.74) is 5.24. The maximum absolute atomic E-state index is 11.8. The molecule has 0 bridgehead atoms. The molecule has 8 heteroatoms. The first-order valence-electron chi connectivity index (χ1n) is 3.97. The van der Waals surface area contributed by atoms with Gasteiger partial charge < -0.3 is 11.1 Å². The molecule has 1 aromatic rings. The fourth-order valence-corrected chi connectivity index (χ4v) is 0.985. The van der Waals surface area contributed by atoms with Gasteiger partial charge in [-0.3, -0.25) is 0 Å². The molecule has 0 saturated heterocycles. The number of hydrogen-bond donors (Lipinski definition) is 2. The van der Waals surface area contributed by atoms with Crippen LogP contribution >= 0.6 is 11.6 Å². The summed E-state index contributed by atoms with van der Waals surface area (Å²) in [5.74, 6) is 0.0577. The molecule has 1 rings (SSSR count). The third-order valence-electron chi connectivity index (χ3n) is 1.46. The number of anilines is 2. The molecule has 1 aromatic heterocycles. The SMILES string of the molecule is Nc1ncc(Cl)c(NCCC(F)(F)F)n1. The third kappa shape index (κ3) is 4.20. The van der Waals surface area contributed by atoms with Crippen molar-refractivity contribution in [3.8, 4) is 0 Å². The highest BCUT2D eigenvalue weighted by molar-refractivity contribution is 6.32. The van der Waals surface area contributed by atoms with Crippen LogP contribution in [0.5, 0.6) is 0 Å². The van der Waals surface area contributed by atoms with E-state index in [2.05, 4.69) is 15.3 Å². The predicted molar refractivity (Wildman–Crippen MR) is 50.6 cm³/mol. The molecule has 0 atom stereocenters. The predicted octanol–water partition coefficient (Wildman–Crippen LogP) is 2.08. The van der Waals surface area contributed by atoms with Crippen LogP contribution in [-0.2, 0) is 0 Å². The van der Waals surface area contributed by atoms with E-state index in [4.69, 9.17) is 17.3 Å². The van der Waals surface area contributed by atoms with E-state index in [0.717, 1.165) is 0 Å². The lowest BCUT2D eigenvalue weighted by Gasteiger charge is -2.09. The number of aromatic nitrogens is 2. The Balaban J connectivity index is 2.54. The van der Waals surface area contributed by atoms with Gasteiger partial charge in [-0.05, 0) is 0 Å². The van der Waals surface area contributed by atoms with Crippen LogP contribution in [0.2, 0.25) is 5.02 Å². The second-order valence-electron chi connectivity index (χ2n) is 2.72. The molecule has 15 heavy (non-hydrogen) atoms. The first-order valence-corrected chi connectivity index (χ1v) is 4.35. The molecule has 0 aliphatic heterocycles. The lowest BCUT2D eigenvalue weighted by atomic mass is 10.4. The minimum atomic E-state index is -4.21. The highest BCUT2D eigenvalue weighted by Crippen LogP contribution is 2.21. The van der Waals surface area contributed by atoms with E-state index >= 15 is 0 Å². The first-order chi connectivity index (χ1) is 6.88. The van der Waals surface area contributed by atoms with Crippen molar-refractivity contribution in [2.45, 2.75) is 12.6 Å². The van der Waals surface area contributed by atoms with Crippen LogP contribution in [0.1, 0.15) is 6.42 Å². The Hall–Kier alpha value is -1.24. The van der Waals surface area contributed by atoms with Gasteiger partial charge in [-0.1, -0.05) is 11.6 Å². The van der Waals surface area contributed by atoms with Crippen molar-refractivity contribution >= 4 is 23.4 Å². The first kappa shape index (κ1) is 11.8. The molecule has 1 heterocycles. The van der Waals surface area contributed by atoms with Crippen LogP contribution in [0.25, 0.3) is 0 Å². The van der Waals surface area contributed by atoms with Crippen LogP contribution in [0.15, 0.2) is 6.20 Å². The van der Waals surface area contributed by atoms with Gasteiger partial charge in [0, 0.05) is 6.54 Å². The summed E-state index contributed by atoms with van der Waals surface area (Å²) in [6.45, 7) is -0.306. The second kappa shape index (κ2) is 4.52. The van der Waals surface area contributed by atoms with Crippen molar-refractivity contribution in [1.29, 1.82) is 0 Å². The Kier molecular flexibility index (Phi) is 3.57. The van der Waals surface area contributed by atoms with E-state index in [0.29, 0.717) is 0 Å². The minimum absolute atomic E-state index is 0.0473. The second-order valence-corrected chi connectivity index (χ2v) is 3.12. The van der Waals surface area contributed by atoms with Gasteiger partial charge in [0.25, 0.3) is 0 Å². The molecular formula is C7H8ClF3N4. The van der Waals surface area contributed by atoms with Gasteiger partial charge >= 0.3 is 6.18 Å². The molecule has 4 nitrogen and oxygen atoms in total. The summed E-state index contributed by atoms with van der Waals surface area (Å²) in [4.78, 5) is 7.22. The van der Waals surface area contributed by atoms with Gasteiger partial charge in [0.2, 0.25) is 5.95 Å². The molecule has 0 amide bonds. The van der Waals surface area contributed by atoms with Gasteiger partial charge in [0.05, 0.1) is 12.6 Å². The number of halogens is 4. The zero-order chi connectivity index (χ0) is 11.5. The van der Waals surface area contributed by atoms with E-state index in [9.17, 15) is 13.2 Å². The fourth-order valence-electron chi connectivity index (χ4n) is 0.827. The van der Waals surface area contributed by atoms with E-state index in [1.165, 1.54) is 6.20 Å². The molecule has 0 aliphatic rings. The molecule has 0 radical (unpaired) electrons. The highest BCUT2D eigenvalue weighted by atomic mass is 35.5. The van der Waals surface area contributed by atoms with Gasteiger partial charge in [0.1, 0.15) is 10.8 Å². The van der Waals surface area contributed by atoms with Crippen molar-refractivity contribution in [1.82, 2.24) is 9.97 Å². The Labute approximate surface area is 88.7 Å². The highest BCUT2D eigenvalue weighted by Gasteiger charge is 2.26. The Morgan fingerprint density at radius 1 is 1.47 bits per heavy atom. The van der Waals surface area contributed by atoms with Gasteiger partial charge in [-0.2, -0.15) is 18.2 Å². The molecular weight excluding hydrogens is 233 g/mol. The van der Waals surface area contributed by atoms with Gasteiger partial charge in [-0.15, -0.1) is 0 Å². The van der Waals surface area contributed by atoms with Crippen molar-refractivity contribution in [2.24, 2.45) is 0 Å². The number of nitrogen functional groups attached to an aromatic ring is 1. The molecule has 0 unspecified atom stereocenters. The molecule has 0 spiro atoms. The van der Waals surface area contributed by atoms with E-state index in [-0.39, 0.29) is 23.3 Å². The number of alkyl halides is 3. The molecule has 84 valence electrons. The number of nitrogens with two attached hydrogens (primary N) is 1. The lowest BCUT2D eigenvalue weighted by molar-refractivity contribution is -0.131. The number of nitrogens with zero attached hydrogens (tertiary/aromatic N) is 2. The van der Waals surface area contributed by atoms with Crippen molar-refractivity contribution < 1.29 is 13.2 Å². The molecule has 0 saturated carbocycles. The van der Waals surface area contributed by atoms with E-state index in [1.54, 1.807) is 0 Å². The van der Waals surface area contributed by atoms with E-state index < -0.39 is 12.6 Å². The Morgan fingerprint density at radius 3 is 2.73 bits per heavy atom. The fraction of sp³-hybridized carbons (Fsp3) is 0.429.